The molecule has 1 aliphatic rings. The summed E-state index contributed by atoms with van der Waals surface area (Å²) in [6, 6.07) is 10.7. The SMILES string of the molecule is Cc1onc(CN(Cc2ccccc2)C2CC2)c1C(=O)O. The summed E-state index contributed by atoms with van der Waals surface area (Å²) in [5.41, 5.74) is 1.94. The Morgan fingerprint density at radius 3 is 2.67 bits per heavy atom. The minimum atomic E-state index is -0.973. The molecule has 0 spiro atoms. The first-order valence-electron chi connectivity index (χ1n) is 7.11. The van der Waals surface area contributed by atoms with Crippen LogP contribution in [0.4, 0.5) is 0 Å². The lowest BCUT2D eigenvalue weighted by Gasteiger charge is -2.21. The normalized spacial score (nSPS) is 14.6. The van der Waals surface area contributed by atoms with Gasteiger partial charge in [-0.15, -0.1) is 0 Å². The molecule has 1 heterocycles. The summed E-state index contributed by atoms with van der Waals surface area (Å²) >= 11 is 0. The fourth-order valence-corrected chi connectivity index (χ4v) is 2.56. The van der Waals surface area contributed by atoms with Crippen LogP contribution in [0.15, 0.2) is 34.9 Å². The van der Waals surface area contributed by atoms with Crippen LogP contribution in [0.5, 0.6) is 0 Å². The zero-order valence-electron chi connectivity index (χ0n) is 12.0. The number of rotatable bonds is 6. The number of aromatic nitrogens is 1. The number of aromatic carboxylic acids is 1. The topological polar surface area (TPSA) is 66.6 Å². The Morgan fingerprint density at radius 2 is 2.05 bits per heavy atom. The van der Waals surface area contributed by atoms with Gasteiger partial charge in [0, 0.05) is 19.1 Å². The van der Waals surface area contributed by atoms with Gasteiger partial charge in [0.05, 0.1) is 0 Å². The average Bonchev–Trinajstić information content (AvgIpc) is 3.24. The lowest BCUT2D eigenvalue weighted by atomic mass is 10.1. The third kappa shape index (κ3) is 3.13. The van der Waals surface area contributed by atoms with Crippen molar-refractivity contribution in [2.75, 3.05) is 0 Å². The van der Waals surface area contributed by atoms with E-state index in [1.165, 1.54) is 5.56 Å². The molecule has 0 saturated heterocycles. The first-order chi connectivity index (χ1) is 10.1. The standard InChI is InChI=1S/C16H18N2O3/c1-11-15(16(19)20)14(17-21-11)10-18(13-7-8-13)9-12-5-3-2-4-6-12/h2-6,13H,7-10H2,1H3,(H,19,20). The van der Waals surface area contributed by atoms with Crippen molar-refractivity contribution in [1.29, 1.82) is 0 Å². The molecule has 110 valence electrons. The first-order valence-corrected chi connectivity index (χ1v) is 7.11. The fourth-order valence-electron chi connectivity index (χ4n) is 2.56. The number of nitrogens with zero attached hydrogens (tertiary/aromatic N) is 2. The summed E-state index contributed by atoms with van der Waals surface area (Å²) < 4.78 is 5.05. The van der Waals surface area contributed by atoms with Crippen molar-refractivity contribution in [2.45, 2.75) is 38.9 Å². The van der Waals surface area contributed by atoms with Gasteiger partial charge in [-0.25, -0.2) is 4.79 Å². The molecule has 1 aliphatic carbocycles. The van der Waals surface area contributed by atoms with E-state index in [1.807, 2.05) is 18.2 Å². The fraction of sp³-hybridized carbons (Fsp3) is 0.375. The third-order valence-corrected chi connectivity index (χ3v) is 3.79. The lowest BCUT2D eigenvalue weighted by molar-refractivity contribution is 0.0692. The van der Waals surface area contributed by atoms with E-state index in [-0.39, 0.29) is 5.56 Å². The quantitative estimate of drug-likeness (QED) is 0.884. The zero-order valence-corrected chi connectivity index (χ0v) is 12.0. The first kappa shape index (κ1) is 13.8. The van der Waals surface area contributed by atoms with Crippen LogP contribution < -0.4 is 0 Å². The Hall–Kier alpha value is -2.14. The molecule has 1 aromatic heterocycles. The highest BCUT2D eigenvalue weighted by atomic mass is 16.5. The maximum Gasteiger partial charge on any atom is 0.341 e. The summed E-state index contributed by atoms with van der Waals surface area (Å²) in [4.78, 5) is 13.6. The van der Waals surface area contributed by atoms with E-state index in [4.69, 9.17) is 4.52 Å². The minimum Gasteiger partial charge on any atom is -0.477 e. The highest BCUT2D eigenvalue weighted by Crippen LogP contribution is 2.30. The van der Waals surface area contributed by atoms with Crippen molar-refractivity contribution < 1.29 is 14.4 Å². The summed E-state index contributed by atoms with van der Waals surface area (Å²) in [6.45, 7) is 2.95. The van der Waals surface area contributed by atoms with E-state index in [0.29, 0.717) is 24.0 Å². The second kappa shape index (κ2) is 5.69. The molecule has 1 N–H and O–H groups in total. The maximum absolute atomic E-state index is 11.3. The Kier molecular flexibility index (Phi) is 3.75. The molecule has 5 nitrogen and oxygen atoms in total. The number of carboxylic acids is 1. The summed E-state index contributed by atoms with van der Waals surface area (Å²) in [5, 5.41) is 13.2. The van der Waals surface area contributed by atoms with E-state index in [1.54, 1.807) is 6.92 Å². The summed E-state index contributed by atoms with van der Waals surface area (Å²) in [6.07, 6.45) is 2.32. The van der Waals surface area contributed by atoms with Gasteiger partial charge in [-0.3, -0.25) is 4.90 Å². The van der Waals surface area contributed by atoms with Gasteiger partial charge in [0.2, 0.25) is 0 Å². The molecule has 1 fully saturated rings. The number of carbonyl (C=O) groups is 1. The van der Waals surface area contributed by atoms with Crippen LogP contribution in [0.2, 0.25) is 0 Å². The molecule has 5 heteroatoms. The minimum absolute atomic E-state index is 0.203. The predicted molar refractivity (Wildman–Crippen MR) is 76.9 cm³/mol. The van der Waals surface area contributed by atoms with Crippen molar-refractivity contribution >= 4 is 5.97 Å². The van der Waals surface area contributed by atoms with Crippen LogP contribution >= 0.6 is 0 Å². The number of hydrogen-bond acceptors (Lipinski definition) is 4. The molecule has 2 aromatic rings. The Bertz CT molecular complexity index is 632. The molecule has 1 aromatic carbocycles. The summed E-state index contributed by atoms with van der Waals surface area (Å²) in [7, 11) is 0. The number of benzene rings is 1. The smallest absolute Gasteiger partial charge is 0.341 e. The van der Waals surface area contributed by atoms with Gasteiger partial charge in [0.1, 0.15) is 17.0 Å². The van der Waals surface area contributed by atoms with Crippen LogP contribution in [0.3, 0.4) is 0 Å². The van der Waals surface area contributed by atoms with Crippen molar-refractivity contribution in [3.63, 3.8) is 0 Å². The molecule has 0 radical (unpaired) electrons. The third-order valence-electron chi connectivity index (χ3n) is 3.79. The van der Waals surface area contributed by atoms with Crippen molar-refractivity contribution in [1.82, 2.24) is 10.1 Å². The molecular weight excluding hydrogens is 268 g/mol. The molecule has 0 bridgehead atoms. The number of hydrogen-bond donors (Lipinski definition) is 1. The molecular formula is C16H18N2O3. The van der Waals surface area contributed by atoms with E-state index in [9.17, 15) is 9.90 Å². The van der Waals surface area contributed by atoms with E-state index in [2.05, 4.69) is 22.2 Å². The summed E-state index contributed by atoms with van der Waals surface area (Å²) in [5.74, 6) is -0.604. The molecule has 0 amide bonds. The largest absolute Gasteiger partial charge is 0.477 e. The van der Waals surface area contributed by atoms with Gasteiger partial charge < -0.3 is 9.63 Å². The van der Waals surface area contributed by atoms with E-state index in [0.717, 1.165) is 19.4 Å². The van der Waals surface area contributed by atoms with Gasteiger partial charge in [0.15, 0.2) is 0 Å². The predicted octanol–water partition coefficient (Wildman–Crippen LogP) is 2.85. The maximum atomic E-state index is 11.3. The molecule has 0 aliphatic heterocycles. The van der Waals surface area contributed by atoms with Gasteiger partial charge in [-0.1, -0.05) is 35.5 Å². The number of carboxylic acid groups (broad SMARTS) is 1. The van der Waals surface area contributed by atoms with Crippen LogP contribution in [0, 0.1) is 6.92 Å². The molecule has 21 heavy (non-hydrogen) atoms. The van der Waals surface area contributed by atoms with Gasteiger partial charge in [-0.2, -0.15) is 0 Å². The van der Waals surface area contributed by atoms with Crippen LogP contribution in [-0.2, 0) is 13.1 Å². The molecule has 0 unspecified atom stereocenters. The molecule has 3 rings (SSSR count). The van der Waals surface area contributed by atoms with Crippen molar-refractivity contribution in [3.8, 4) is 0 Å². The van der Waals surface area contributed by atoms with Crippen molar-refractivity contribution in [2.24, 2.45) is 0 Å². The average molecular weight is 286 g/mol. The Balaban J connectivity index is 1.78. The van der Waals surface area contributed by atoms with Gasteiger partial charge >= 0.3 is 5.97 Å². The Morgan fingerprint density at radius 1 is 1.33 bits per heavy atom. The zero-order chi connectivity index (χ0) is 14.8. The molecule has 1 saturated carbocycles. The van der Waals surface area contributed by atoms with Crippen LogP contribution in [-0.4, -0.2) is 27.2 Å². The highest BCUT2D eigenvalue weighted by molar-refractivity contribution is 5.89. The van der Waals surface area contributed by atoms with Crippen molar-refractivity contribution in [3.05, 3.63) is 52.9 Å². The van der Waals surface area contributed by atoms with Crippen LogP contribution in [0.1, 0.15) is 40.2 Å². The van der Waals surface area contributed by atoms with Gasteiger partial charge in [0.25, 0.3) is 0 Å². The highest BCUT2D eigenvalue weighted by Gasteiger charge is 2.31. The lowest BCUT2D eigenvalue weighted by Crippen LogP contribution is -2.26. The van der Waals surface area contributed by atoms with Crippen LogP contribution in [0.25, 0.3) is 0 Å². The monoisotopic (exact) mass is 286 g/mol. The van der Waals surface area contributed by atoms with E-state index < -0.39 is 5.97 Å². The second-order valence-corrected chi connectivity index (χ2v) is 5.49. The molecule has 0 atom stereocenters. The second-order valence-electron chi connectivity index (χ2n) is 5.49. The number of aryl methyl sites for hydroxylation is 1. The van der Waals surface area contributed by atoms with E-state index >= 15 is 0 Å². The van der Waals surface area contributed by atoms with Gasteiger partial charge in [-0.05, 0) is 25.3 Å². The Labute approximate surface area is 123 Å².